The van der Waals surface area contributed by atoms with Gasteiger partial charge in [0.1, 0.15) is 0 Å². The fraction of sp³-hybridized carbons (Fsp3) is 0.364. The number of nitriles is 1. The molecule has 0 atom stereocenters. The van der Waals surface area contributed by atoms with E-state index in [2.05, 4.69) is 15.1 Å². The minimum atomic E-state index is -4.33. The third-order valence-corrected chi connectivity index (χ3v) is 5.08. The second-order valence-corrected chi connectivity index (χ2v) is 7.30. The minimum absolute atomic E-state index is 0.0916. The molecule has 3 rings (SSSR count). The monoisotopic (exact) mass is 416 g/mol. The molecular weight excluding hydrogens is 393 g/mol. The summed E-state index contributed by atoms with van der Waals surface area (Å²) in [5.41, 5.74) is 1.23. The quantitative estimate of drug-likeness (QED) is 0.780. The lowest BCUT2D eigenvalue weighted by Crippen LogP contribution is -2.46. The first-order valence-electron chi connectivity index (χ1n) is 9.74. The van der Waals surface area contributed by atoms with Crippen molar-refractivity contribution >= 4 is 11.6 Å². The Morgan fingerprint density at radius 1 is 1.03 bits per heavy atom. The van der Waals surface area contributed by atoms with Crippen LogP contribution in [-0.2, 0) is 17.5 Å². The SMILES string of the molecule is N#Cc1ccc(NC(=O)CCN2CCN(Cc3cccc(C(F)(F)F)c3)CC2)cc1. The van der Waals surface area contributed by atoms with Crippen molar-refractivity contribution in [2.75, 3.05) is 38.0 Å². The van der Waals surface area contributed by atoms with Crippen LogP contribution in [0.3, 0.4) is 0 Å². The second kappa shape index (κ2) is 9.74. The zero-order valence-corrected chi connectivity index (χ0v) is 16.5. The lowest BCUT2D eigenvalue weighted by molar-refractivity contribution is -0.137. The number of alkyl halides is 3. The molecule has 1 N–H and O–H groups in total. The summed E-state index contributed by atoms with van der Waals surface area (Å²) in [7, 11) is 0. The minimum Gasteiger partial charge on any atom is -0.326 e. The molecule has 8 heteroatoms. The van der Waals surface area contributed by atoms with Gasteiger partial charge in [0.2, 0.25) is 5.91 Å². The first kappa shape index (κ1) is 21.8. The third-order valence-electron chi connectivity index (χ3n) is 5.08. The number of carbonyl (C=O) groups is 1. The Hall–Kier alpha value is -2.89. The number of nitrogens with zero attached hydrogens (tertiary/aromatic N) is 3. The topological polar surface area (TPSA) is 59.4 Å². The van der Waals surface area contributed by atoms with E-state index in [1.807, 2.05) is 6.07 Å². The molecule has 0 aromatic heterocycles. The van der Waals surface area contributed by atoms with Gasteiger partial charge in [-0.3, -0.25) is 9.69 Å². The average Bonchev–Trinajstić information content (AvgIpc) is 2.73. The Bertz CT molecular complexity index is 898. The highest BCUT2D eigenvalue weighted by Crippen LogP contribution is 2.29. The van der Waals surface area contributed by atoms with Gasteiger partial charge in [0, 0.05) is 51.4 Å². The molecule has 1 aliphatic rings. The number of halogens is 3. The van der Waals surface area contributed by atoms with E-state index in [4.69, 9.17) is 5.26 Å². The van der Waals surface area contributed by atoms with Gasteiger partial charge in [0.05, 0.1) is 17.2 Å². The normalized spacial score (nSPS) is 15.5. The van der Waals surface area contributed by atoms with E-state index < -0.39 is 11.7 Å². The van der Waals surface area contributed by atoms with Crippen molar-refractivity contribution < 1.29 is 18.0 Å². The molecule has 1 saturated heterocycles. The maximum absolute atomic E-state index is 12.9. The van der Waals surface area contributed by atoms with Gasteiger partial charge in [-0.15, -0.1) is 0 Å². The number of nitrogens with one attached hydrogen (secondary N) is 1. The van der Waals surface area contributed by atoms with Crippen LogP contribution in [-0.4, -0.2) is 48.4 Å². The predicted octanol–water partition coefficient (Wildman–Crippen LogP) is 3.72. The van der Waals surface area contributed by atoms with Crippen molar-refractivity contribution in [3.8, 4) is 6.07 Å². The molecular formula is C22H23F3N4O. The summed E-state index contributed by atoms with van der Waals surface area (Å²) in [6, 6.07) is 14.2. The van der Waals surface area contributed by atoms with Crippen LogP contribution in [0.1, 0.15) is 23.1 Å². The van der Waals surface area contributed by atoms with Crippen LogP contribution in [0, 0.1) is 11.3 Å². The molecule has 2 aromatic carbocycles. The van der Waals surface area contributed by atoms with Crippen LogP contribution in [0.15, 0.2) is 48.5 Å². The maximum atomic E-state index is 12.9. The molecule has 1 aliphatic heterocycles. The summed E-state index contributed by atoms with van der Waals surface area (Å²) < 4.78 is 38.6. The second-order valence-electron chi connectivity index (χ2n) is 7.30. The van der Waals surface area contributed by atoms with E-state index in [1.165, 1.54) is 12.1 Å². The highest BCUT2D eigenvalue weighted by Gasteiger charge is 2.30. The molecule has 158 valence electrons. The Labute approximate surface area is 173 Å². The standard InChI is InChI=1S/C22H23F3N4O/c23-22(24,25)19-3-1-2-18(14-19)16-29-12-10-28(11-13-29)9-8-21(30)27-20-6-4-17(15-26)5-7-20/h1-7,14H,8-13,16H2,(H,27,30). The van der Waals surface area contributed by atoms with Crippen LogP contribution < -0.4 is 5.32 Å². The Morgan fingerprint density at radius 2 is 1.70 bits per heavy atom. The van der Waals surface area contributed by atoms with E-state index in [1.54, 1.807) is 30.3 Å². The van der Waals surface area contributed by atoms with Gasteiger partial charge in [-0.2, -0.15) is 18.4 Å². The van der Waals surface area contributed by atoms with Crippen molar-refractivity contribution in [2.24, 2.45) is 0 Å². The van der Waals surface area contributed by atoms with E-state index in [0.29, 0.717) is 36.3 Å². The Kier molecular flexibility index (Phi) is 7.08. The molecule has 5 nitrogen and oxygen atoms in total. The average molecular weight is 416 g/mol. The van der Waals surface area contributed by atoms with E-state index in [-0.39, 0.29) is 5.91 Å². The lowest BCUT2D eigenvalue weighted by Gasteiger charge is -2.34. The number of hydrogen-bond acceptors (Lipinski definition) is 4. The van der Waals surface area contributed by atoms with Crippen LogP contribution in [0.2, 0.25) is 0 Å². The molecule has 0 saturated carbocycles. The molecule has 1 heterocycles. The fourth-order valence-corrected chi connectivity index (χ4v) is 3.39. The molecule has 1 amide bonds. The number of benzene rings is 2. The zero-order chi connectivity index (χ0) is 21.6. The van der Waals surface area contributed by atoms with Crippen molar-refractivity contribution in [1.29, 1.82) is 5.26 Å². The number of anilines is 1. The van der Waals surface area contributed by atoms with Crippen LogP contribution in [0.4, 0.5) is 18.9 Å². The van der Waals surface area contributed by atoms with Gasteiger partial charge in [-0.25, -0.2) is 0 Å². The van der Waals surface area contributed by atoms with Crippen molar-refractivity contribution in [3.05, 3.63) is 65.2 Å². The summed E-state index contributed by atoms with van der Waals surface area (Å²) in [4.78, 5) is 16.4. The summed E-state index contributed by atoms with van der Waals surface area (Å²) >= 11 is 0. The fourth-order valence-electron chi connectivity index (χ4n) is 3.39. The summed E-state index contributed by atoms with van der Waals surface area (Å²) in [5.74, 6) is -0.0916. The van der Waals surface area contributed by atoms with Crippen LogP contribution in [0.25, 0.3) is 0 Å². The molecule has 0 aliphatic carbocycles. The van der Waals surface area contributed by atoms with E-state index in [0.717, 1.165) is 32.2 Å². The van der Waals surface area contributed by atoms with Gasteiger partial charge >= 0.3 is 6.18 Å². The third kappa shape index (κ3) is 6.31. The first-order chi connectivity index (χ1) is 14.3. The van der Waals surface area contributed by atoms with E-state index >= 15 is 0 Å². The number of amides is 1. The number of carbonyl (C=O) groups excluding carboxylic acids is 1. The predicted molar refractivity (Wildman–Crippen MR) is 108 cm³/mol. The smallest absolute Gasteiger partial charge is 0.326 e. The van der Waals surface area contributed by atoms with Crippen molar-refractivity contribution in [3.63, 3.8) is 0 Å². The molecule has 0 spiro atoms. The van der Waals surface area contributed by atoms with Gasteiger partial charge in [-0.1, -0.05) is 18.2 Å². The Balaban J connectivity index is 1.40. The Morgan fingerprint density at radius 3 is 2.33 bits per heavy atom. The van der Waals surface area contributed by atoms with Crippen LogP contribution in [0.5, 0.6) is 0 Å². The zero-order valence-electron chi connectivity index (χ0n) is 16.5. The van der Waals surface area contributed by atoms with Crippen molar-refractivity contribution in [1.82, 2.24) is 9.80 Å². The van der Waals surface area contributed by atoms with Crippen LogP contribution >= 0.6 is 0 Å². The number of piperazine rings is 1. The summed E-state index contributed by atoms with van der Waals surface area (Å²) in [6.45, 7) is 4.13. The number of hydrogen-bond donors (Lipinski definition) is 1. The van der Waals surface area contributed by atoms with Gasteiger partial charge in [0.25, 0.3) is 0 Å². The molecule has 0 radical (unpaired) electrons. The van der Waals surface area contributed by atoms with Gasteiger partial charge in [-0.05, 0) is 35.9 Å². The van der Waals surface area contributed by atoms with E-state index in [9.17, 15) is 18.0 Å². The first-order valence-corrected chi connectivity index (χ1v) is 9.74. The maximum Gasteiger partial charge on any atom is 0.416 e. The van der Waals surface area contributed by atoms with Gasteiger partial charge < -0.3 is 10.2 Å². The summed E-state index contributed by atoms with van der Waals surface area (Å²) in [5, 5.41) is 11.6. The highest BCUT2D eigenvalue weighted by molar-refractivity contribution is 5.90. The van der Waals surface area contributed by atoms with Crippen molar-refractivity contribution in [2.45, 2.75) is 19.1 Å². The lowest BCUT2D eigenvalue weighted by atomic mass is 10.1. The molecule has 0 unspecified atom stereocenters. The highest BCUT2D eigenvalue weighted by atomic mass is 19.4. The summed E-state index contributed by atoms with van der Waals surface area (Å²) in [6.07, 6.45) is -3.97. The molecule has 2 aromatic rings. The van der Waals surface area contributed by atoms with Gasteiger partial charge in [0.15, 0.2) is 0 Å². The number of rotatable bonds is 6. The molecule has 30 heavy (non-hydrogen) atoms. The largest absolute Gasteiger partial charge is 0.416 e. The molecule has 0 bridgehead atoms. The molecule has 1 fully saturated rings.